The minimum Gasteiger partial charge on any atom is -0.0654 e. The first-order valence-electron chi connectivity index (χ1n) is 14.1. The van der Waals surface area contributed by atoms with Gasteiger partial charge in [0.05, 0.1) is 0 Å². The summed E-state index contributed by atoms with van der Waals surface area (Å²) in [6.07, 6.45) is 38.2. The molecule has 0 aliphatic heterocycles. The number of hydrogen-bond donors (Lipinski definition) is 0. The van der Waals surface area contributed by atoms with Crippen LogP contribution in [0.15, 0.2) is 0 Å². The van der Waals surface area contributed by atoms with Gasteiger partial charge in [-0.05, 0) is 0 Å². The number of rotatable bonds is 26. The Bertz CT molecular complexity index is 237. The summed E-state index contributed by atoms with van der Waals surface area (Å²) in [5.74, 6) is 0. The van der Waals surface area contributed by atoms with Crippen molar-refractivity contribution in [2.45, 2.75) is 180 Å². The fourth-order valence-electron chi connectivity index (χ4n) is 4.44. The SMILES string of the molecule is CCCCCCCCCCCCCCCCCCCCCCCCCCCC[Si]. The molecule has 0 saturated carbocycles. The fraction of sp³-hybridized carbons (Fsp3) is 1.00. The highest BCUT2D eigenvalue weighted by Gasteiger charge is 1.96. The third-order valence-corrected chi connectivity index (χ3v) is 6.88. The lowest BCUT2D eigenvalue weighted by atomic mass is 10.0. The van der Waals surface area contributed by atoms with Crippen LogP contribution in [0.5, 0.6) is 0 Å². The van der Waals surface area contributed by atoms with Crippen molar-refractivity contribution in [1.82, 2.24) is 0 Å². The van der Waals surface area contributed by atoms with E-state index in [1.54, 1.807) is 0 Å². The molecule has 0 amide bonds. The quantitative estimate of drug-likeness (QED) is 0.0961. The summed E-state index contributed by atoms with van der Waals surface area (Å²) in [7, 11) is 3.56. The highest BCUT2D eigenvalue weighted by molar-refractivity contribution is 6.08. The average Bonchev–Trinajstić information content (AvgIpc) is 2.74. The molecule has 0 fully saturated rings. The molecular weight excluding hydrogens is 364 g/mol. The van der Waals surface area contributed by atoms with E-state index in [1.807, 2.05) is 0 Å². The fourth-order valence-corrected chi connectivity index (χ4v) is 4.69. The predicted octanol–water partition coefficient (Wildman–Crippen LogP) is 10.7. The number of unbranched alkanes of at least 4 members (excludes halogenated alkanes) is 25. The highest BCUT2D eigenvalue weighted by Crippen LogP contribution is 2.15. The third-order valence-electron chi connectivity index (χ3n) is 6.53. The van der Waals surface area contributed by atoms with E-state index >= 15 is 0 Å². The van der Waals surface area contributed by atoms with Crippen LogP contribution in [0, 0.1) is 0 Å². The van der Waals surface area contributed by atoms with Gasteiger partial charge in [0.15, 0.2) is 0 Å². The molecule has 0 atom stereocenters. The number of hydrogen-bond acceptors (Lipinski definition) is 0. The Kier molecular flexibility index (Phi) is 28.4. The first-order valence-corrected chi connectivity index (χ1v) is 14.8. The molecule has 0 N–H and O–H groups in total. The van der Waals surface area contributed by atoms with E-state index < -0.39 is 0 Å². The molecule has 0 aliphatic carbocycles. The van der Waals surface area contributed by atoms with Gasteiger partial charge < -0.3 is 0 Å². The zero-order valence-electron chi connectivity index (χ0n) is 20.6. The Morgan fingerprint density at radius 3 is 0.621 bits per heavy atom. The topological polar surface area (TPSA) is 0 Å². The molecule has 0 bridgehead atoms. The molecular formula is C28H57Si. The Labute approximate surface area is 190 Å². The van der Waals surface area contributed by atoms with E-state index in [9.17, 15) is 0 Å². The molecule has 1 heteroatoms. The molecule has 0 aliphatic rings. The van der Waals surface area contributed by atoms with Gasteiger partial charge in [0.1, 0.15) is 0 Å². The lowest BCUT2D eigenvalue weighted by molar-refractivity contribution is 0.516. The van der Waals surface area contributed by atoms with Crippen molar-refractivity contribution in [3.05, 3.63) is 0 Å². The van der Waals surface area contributed by atoms with Crippen LogP contribution in [0.2, 0.25) is 6.04 Å². The van der Waals surface area contributed by atoms with Crippen LogP contribution < -0.4 is 0 Å². The second-order valence-corrected chi connectivity index (χ2v) is 10.1. The Morgan fingerprint density at radius 1 is 0.276 bits per heavy atom. The average molecular weight is 422 g/mol. The third kappa shape index (κ3) is 28.2. The summed E-state index contributed by atoms with van der Waals surface area (Å²) in [5.41, 5.74) is 0. The lowest BCUT2D eigenvalue weighted by Gasteiger charge is -2.04. The molecule has 3 radical (unpaired) electrons. The smallest absolute Gasteiger partial charge is 0.0222 e. The minimum atomic E-state index is 1.18. The Hall–Kier alpha value is 0.217. The molecule has 0 aromatic rings. The van der Waals surface area contributed by atoms with Crippen molar-refractivity contribution in [2.24, 2.45) is 0 Å². The Morgan fingerprint density at radius 2 is 0.448 bits per heavy atom. The van der Waals surface area contributed by atoms with E-state index in [-0.39, 0.29) is 0 Å². The zero-order valence-corrected chi connectivity index (χ0v) is 21.6. The second kappa shape index (κ2) is 28.2. The van der Waals surface area contributed by atoms with Crippen LogP contribution in [-0.2, 0) is 0 Å². The van der Waals surface area contributed by atoms with E-state index in [1.165, 1.54) is 173 Å². The zero-order chi connectivity index (χ0) is 21.1. The summed E-state index contributed by atoms with van der Waals surface area (Å²) in [5, 5.41) is 0. The van der Waals surface area contributed by atoms with Crippen LogP contribution in [0.4, 0.5) is 0 Å². The van der Waals surface area contributed by atoms with Crippen molar-refractivity contribution in [3.8, 4) is 0 Å². The summed E-state index contributed by atoms with van der Waals surface area (Å²) in [6, 6.07) is 1.18. The Balaban J connectivity index is 2.97. The summed E-state index contributed by atoms with van der Waals surface area (Å²) in [6.45, 7) is 2.30. The van der Waals surface area contributed by atoms with Gasteiger partial charge in [0.25, 0.3) is 0 Å². The van der Waals surface area contributed by atoms with Gasteiger partial charge in [-0.2, -0.15) is 0 Å². The molecule has 0 saturated heterocycles. The maximum atomic E-state index is 3.56. The van der Waals surface area contributed by atoms with E-state index in [2.05, 4.69) is 17.2 Å². The first kappa shape index (κ1) is 29.2. The van der Waals surface area contributed by atoms with Gasteiger partial charge in [0.2, 0.25) is 0 Å². The normalized spacial score (nSPS) is 11.4. The van der Waals surface area contributed by atoms with Crippen molar-refractivity contribution in [3.63, 3.8) is 0 Å². The predicted molar refractivity (Wildman–Crippen MR) is 136 cm³/mol. The van der Waals surface area contributed by atoms with Gasteiger partial charge in [-0.15, -0.1) is 0 Å². The minimum absolute atomic E-state index is 1.18. The van der Waals surface area contributed by atoms with Crippen LogP contribution in [0.25, 0.3) is 0 Å². The molecule has 0 aromatic carbocycles. The molecule has 0 rings (SSSR count). The molecule has 0 nitrogen and oxygen atoms in total. The van der Waals surface area contributed by atoms with Gasteiger partial charge in [-0.25, -0.2) is 0 Å². The molecule has 0 aromatic heterocycles. The van der Waals surface area contributed by atoms with Gasteiger partial charge in [-0.3, -0.25) is 0 Å². The molecule has 0 heterocycles. The second-order valence-electron chi connectivity index (χ2n) is 9.59. The highest BCUT2D eigenvalue weighted by atomic mass is 28.1. The van der Waals surface area contributed by atoms with Crippen LogP contribution >= 0.6 is 0 Å². The maximum Gasteiger partial charge on any atom is 0.0222 e. The van der Waals surface area contributed by atoms with Crippen molar-refractivity contribution < 1.29 is 0 Å². The standard InChI is InChI=1S/C28H57Si/c1-2-3-4-5-6-7-8-9-10-11-12-13-14-15-16-17-18-19-20-21-22-23-24-25-26-27-28-29/h2-28H2,1H3. The largest absolute Gasteiger partial charge is 0.0654 e. The molecule has 0 spiro atoms. The maximum absolute atomic E-state index is 3.56. The van der Waals surface area contributed by atoms with Gasteiger partial charge >= 0.3 is 0 Å². The monoisotopic (exact) mass is 421 g/mol. The van der Waals surface area contributed by atoms with E-state index in [0.717, 1.165) is 0 Å². The van der Waals surface area contributed by atoms with Crippen LogP contribution in [-0.4, -0.2) is 10.2 Å². The van der Waals surface area contributed by atoms with Crippen molar-refractivity contribution in [1.29, 1.82) is 0 Å². The first-order chi connectivity index (χ1) is 14.4. The summed E-state index contributed by atoms with van der Waals surface area (Å²) >= 11 is 0. The van der Waals surface area contributed by atoms with Gasteiger partial charge in [-0.1, -0.05) is 180 Å². The van der Waals surface area contributed by atoms with E-state index in [4.69, 9.17) is 0 Å². The lowest BCUT2D eigenvalue weighted by Crippen LogP contribution is -1.84. The van der Waals surface area contributed by atoms with Gasteiger partial charge in [0, 0.05) is 10.2 Å². The molecule has 0 unspecified atom stereocenters. The summed E-state index contributed by atoms with van der Waals surface area (Å²) < 4.78 is 0. The van der Waals surface area contributed by atoms with Crippen LogP contribution in [0.1, 0.15) is 174 Å². The van der Waals surface area contributed by atoms with Crippen LogP contribution in [0.3, 0.4) is 0 Å². The molecule has 29 heavy (non-hydrogen) atoms. The van der Waals surface area contributed by atoms with Crippen molar-refractivity contribution in [2.75, 3.05) is 0 Å². The molecule has 173 valence electrons. The van der Waals surface area contributed by atoms with Crippen molar-refractivity contribution >= 4 is 10.2 Å². The van der Waals surface area contributed by atoms with E-state index in [0.29, 0.717) is 0 Å². The summed E-state index contributed by atoms with van der Waals surface area (Å²) in [4.78, 5) is 0.